The summed E-state index contributed by atoms with van der Waals surface area (Å²) in [5.74, 6) is -0.959. The van der Waals surface area contributed by atoms with Gasteiger partial charge in [0.15, 0.2) is 6.10 Å². The number of unbranched alkanes of at least 4 members (excludes halogenated alkanes) is 32. The Kier molecular flexibility index (Phi) is 61.8. The lowest BCUT2D eigenvalue weighted by atomic mass is 10.0. The van der Waals surface area contributed by atoms with Crippen molar-refractivity contribution < 1.29 is 28.6 Å². The molecule has 0 aromatic carbocycles. The molecule has 0 saturated carbocycles. The molecule has 0 saturated heterocycles. The molecule has 77 heavy (non-hydrogen) atoms. The van der Waals surface area contributed by atoms with Gasteiger partial charge in [-0.25, -0.2) is 0 Å². The van der Waals surface area contributed by atoms with E-state index in [2.05, 4.69) is 118 Å². The van der Waals surface area contributed by atoms with E-state index in [1.807, 2.05) is 0 Å². The van der Waals surface area contributed by atoms with Crippen LogP contribution in [0.1, 0.15) is 316 Å². The molecule has 0 spiro atoms. The van der Waals surface area contributed by atoms with Gasteiger partial charge in [-0.15, -0.1) is 0 Å². The van der Waals surface area contributed by atoms with Gasteiger partial charge in [0.25, 0.3) is 0 Å². The van der Waals surface area contributed by atoms with Gasteiger partial charge >= 0.3 is 17.9 Å². The van der Waals surface area contributed by atoms with Crippen LogP contribution < -0.4 is 0 Å². The van der Waals surface area contributed by atoms with Crippen molar-refractivity contribution in [2.24, 2.45) is 0 Å². The number of hydrogen-bond donors (Lipinski definition) is 0. The third-order valence-corrected chi connectivity index (χ3v) is 14.1. The standard InChI is InChI=1S/C71H122O6/c1-4-7-10-13-16-19-22-25-28-31-32-33-34-35-36-37-38-41-43-46-49-52-55-58-61-64-70(73)76-67-68(77-71(74)65-62-59-56-53-50-47-44-40-30-27-24-21-18-15-12-9-6-3)66-75-69(72)63-60-57-54-51-48-45-42-39-29-26-23-20-17-14-11-8-5-2/h8-9,11-12,17-18,20-21,26-27,29-30,44,47,53,56,68H,4-7,10,13-16,19,22-25,28,31-43,45-46,48-52,54-55,57-67H2,1-3H3/b11-8-,12-9-,20-17-,21-18-,29-26-,30-27-,47-44-,56-53-. The fraction of sp³-hybridized carbons (Fsp3) is 0.732. The monoisotopic (exact) mass is 1070 g/mol. The summed E-state index contributed by atoms with van der Waals surface area (Å²) in [4.78, 5) is 38.3. The summed E-state index contributed by atoms with van der Waals surface area (Å²) in [6.07, 6.45) is 87.2. The summed E-state index contributed by atoms with van der Waals surface area (Å²) >= 11 is 0. The minimum absolute atomic E-state index is 0.101. The van der Waals surface area contributed by atoms with Crippen molar-refractivity contribution in [2.45, 2.75) is 322 Å². The van der Waals surface area contributed by atoms with Crippen molar-refractivity contribution in [3.8, 4) is 0 Å². The molecule has 0 radical (unpaired) electrons. The van der Waals surface area contributed by atoms with Crippen molar-refractivity contribution in [1.29, 1.82) is 0 Å². The molecule has 1 atom stereocenters. The van der Waals surface area contributed by atoms with E-state index in [0.717, 1.165) is 103 Å². The molecule has 6 nitrogen and oxygen atoms in total. The van der Waals surface area contributed by atoms with Crippen molar-refractivity contribution in [3.05, 3.63) is 97.2 Å². The second-order valence-electron chi connectivity index (χ2n) is 21.6. The minimum atomic E-state index is -0.813. The van der Waals surface area contributed by atoms with Gasteiger partial charge in [-0.1, -0.05) is 304 Å². The Labute approximate surface area is 477 Å². The molecule has 0 aromatic heterocycles. The molecule has 0 aromatic rings. The Hall–Kier alpha value is -3.67. The molecule has 0 amide bonds. The summed E-state index contributed by atoms with van der Waals surface area (Å²) < 4.78 is 16.9. The number of rotatable bonds is 59. The molecule has 0 rings (SSSR count). The third kappa shape index (κ3) is 63.0. The fourth-order valence-electron chi connectivity index (χ4n) is 9.26. The average molecular weight is 1070 g/mol. The van der Waals surface area contributed by atoms with Crippen LogP contribution in [0.3, 0.4) is 0 Å². The maximum atomic E-state index is 12.9. The molecule has 0 aliphatic carbocycles. The SMILES string of the molecule is CC/C=C\C/C=C\C/C=C\C/C=C\C/C=C\CCCC(=O)OC(COC(=O)CCCCCCCCC/C=C\C/C=C\C/C=C\CC)COC(=O)CCCCCCCCCCCCCCCCCCCCCCCCCCC. The smallest absolute Gasteiger partial charge is 0.306 e. The number of carbonyl (C=O) groups is 3. The van der Waals surface area contributed by atoms with Crippen LogP contribution in [-0.2, 0) is 28.6 Å². The maximum absolute atomic E-state index is 12.9. The van der Waals surface area contributed by atoms with E-state index >= 15 is 0 Å². The van der Waals surface area contributed by atoms with Crippen molar-refractivity contribution >= 4 is 17.9 Å². The second-order valence-corrected chi connectivity index (χ2v) is 21.6. The molecule has 0 aliphatic rings. The quantitative estimate of drug-likeness (QED) is 0.0261. The molecule has 6 heteroatoms. The lowest BCUT2D eigenvalue weighted by Gasteiger charge is -2.18. The van der Waals surface area contributed by atoms with E-state index in [1.165, 1.54) is 167 Å². The molecular weight excluding hydrogens is 949 g/mol. The molecular formula is C71H122O6. The largest absolute Gasteiger partial charge is 0.462 e. The zero-order chi connectivity index (χ0) is 55.7. The Bertz CT molecular complexity index is 1510. The van der Waals surface area contributed by atoms with Crippen molar-refractivity contribution in [1.82, 2.24) is 0 Å². The summed E-state index contributed by atoms with van der Waals surface area (Å²) in [5, 5.41) is 0. The molecule has 0 fully saturated rings. The van der Waals surface area contributed by atoms with Crippen molar-refractivity contribution in [2.75, 3.05) is 13.2 Å². The molecule has 1 unspecified atom stereocenters. The van der Waals surface area contributed by atoms with E-state index < -0.39 is 6.10 Å². The van der Waals surface area contributed by atoms with Gasteiger partial charge in [0, 0.05) is 19.3 Å². The van der Waals surface area contributed by atoms with Crippen LogP contribution in [0.25, 0.3) is 0 Å². The Morgan fingerprint density at radius 1 is 0.273 bits per heavy atom. The van der Waals surface area contributed by atoms with E-state index in [0.29, 0.717) is 19.3 Å². The summed E-state index contributed by atoms with van der Waals surface area (Å²) in [6, 6.07) is 0. The first-order valence-electron chi connectivity index (χ1n) is 32.7. The maximum Gasteiger partial charge on any atom is 0.306 e. The summed E-state index contributed by atoms with van der Waals surface area (Å²) in [6.45, 7) is 6.40. The van der Waals surface area contributed by atoms with Gasteiger partial charge in [0.1, 0.15) is 13.2 Å². The normalized spacial score (nSPS) is 12.7. The van der Waals surface area contributed by atoms with E-state index in [-0.39, 0.29) is 37.5 Å². The molecule has 0 heterocycles. The van der Waals surface area contributed by atoms with Crippen LogP contribution in [0.15, 0.2) is 97.2 Å². The van der Waals surface area contributed by atoms with Crippen LogP contribution in [-0.4, -0.2) is 37.2 Å². The van der Waals surface area contributed by atoms with Crippen molar-refractivity contribution in [3.63, 3.8) is 0 Å². The van der Waals surface area contributed by atoms with E-state index in [9.17, 15) is 14.4 Å². The highest BCUT2D eigenvalue weighted by atomic mass is 16.6. The van der Waals surface area contributed by atoms with Crippen LogP contribution in [0.2, 0.25) is 0 Å². The molecule has 0 N–H and O–H groups in total. The predicted octanol–water partition coefficient (Wildman–Crippen LogP) is 22.4. The molecule has 0 aliphatic heterocycles. The molecule has 0 bridgehead atoms. The highest BCUT2D eigenvalue weighted by Crippen LogP contribution is 2.17. The minimum Gasteiger partial charge on any atom is -0.462 e. The van der Waals surface area contributed by atoms with Gasteiger partial charge in [0.2, 0.25) is 0 Å². The van der Waals surface area contributed by atoms with Gasteiger partial charge in [0.05, 0.1) is 0 Å². The number of esters is 3. The first kappa shape index (κ1) is 73.3. The Morgan fingerprint density at radius 2 is 0.519 bits per heavy atom. The van der Waals surface area contributed by atoms with E-state index in [1.54, 1.807) is 0 Å². The second kappa shape index (κ2) is 64.9. The van der Waals surface area contributed by atoms with Crippen LogP contribution >= 0.6 is 0 Å². The Balaban J connectivity index is 4.37. The number of carbonyl (C=O) groups excluding carboxylic acids is 3. The van der Waals surface area contributed by atoms with Gasteiger partial charge < -0.3 is 14.2 Å². The summed E-state index contributed by atoms with van der Waals surface area (Å²) in [7, 11) is 0. The van der Waals surface area contributed by atoms with Gasteiger partial charge in [-0.05, 0) is 89.9 Å². The average Bonchev–Trinajstić information content (AvgIpc) is 3.43. The number of hydrogen-bond acceptors (Lipinski definition) is 6. The predicted molar refractivity (Wildman–Crippen MR) is 334 cm³/mol. The fourth-order valence-corrected chi connectivity index (χ4v) is 9.26. The van der Waals surface area contributed by atoms with Gasteiger partial charge in [-0.2, -0.15) is 0 Å². The van der Waals surface area contributed by atoms with Gasteiger partial charge in [-0.3, -0.25) is 14.4 Å². The zero-order valence-electron chi connectivity index (χ0n) is 50.7. The van der Waals surface area contributed by atoms with Crippen LogP contribution in [0, 0.1) is 0 Å². The number of allylic oxidation sites excluding steroid dienone is 16. The highest BCUT2D eigenvalue weighted by molar-refractivity contribution is 5.71. The summed E-state index contributed by atoms with van der Waals surface area (Å²) in [5.41, 5.74) is 0. The van der Waals surface area contributed by atoms with Crippen LogP contribution in [0.4, 0.5) is 0 Å². The topological polar surface area (TPSA) is 78.9 Å². The zero-order valence-corrected chi connectivity index (χ0v) is 50.7. The molecule has 442 valence electrons. The number of ether oxygens (including phenoxy) is 3. The van der Waals surface area contributed by atoms with E-state index in [4.69, 9.17) is 14.2 Å². The first-order chi connectivity index (χ1) is 38.0. The Morgan fingerprint density at radius 3 is 0.831 bits per heavy atom. The first-order valence-corrected chi connectivity index (χ1v) is 32.7. The third-order valence-electron chi connectivity index (χ3n) is 14.1. The van der Waals surface area contributed by atoms with Crippen LogP contribution in [0.5, 0.6) is 0 Å². The lowest BCUT2D eigenvalue weighted by Crippen LogP contribution is -2.30. The highest BCUT2D eigenvalue weighted by Gasteiger charge is 2.19. The lowest BCUT2D eigenvalue weighted by molar-refractivity contribution is -0.167.